The van der Waals surface area contributed by atoms with Gasteiger partial charge in [-0.3, -0.25) is 4.79 Å². The van der Waals surface area contributed by atoms with Crippen molar-refractivity contribution in [2.75, 3.05) is 35.7 Å². The van der Waals surface area contributed by atoms with E-state index >= 15 is 4.39 Å². The Kier molecular flexibility index (Phi) is 6.62. The normalized spacial score (nSPS) is 24.6. The van der Waals surface area contributed by atoms with Crippen LogP contribution in [0.1, 0.15) is 60.8 Å². The highest BCUT2D eigenvalue weighted by Crippen LogP contribution is 2.44. The quantitative estimate of drug-likeness (QED) is 0.453. The van der Waals surface area contributed by atoms with E-state index in [4.69, 9.17) is 9.15 Å². The Balaban J connectivity index is 1.33. The number of benzene rings is 1. The molecule has 0 radical (unpaired) electrons. The van der Waals surface area contributed by atoms with Crippen LogP contribution in [0.4, 0.5) is 35.0 Å². The maximum absolute atomic E-state index is 15.1. The van der Waals surface area contributed by atoms with E-state index in [1.165, 1.54) is 12.5 Å². The highest BCUT2D eigenvalue weighted by molar-refractivity contribution is 6.04. The molecular formula is C26H32F4N4O3. The number of fused-ring (bicyclic) bond motifs is 2. The number of aryl methyl sites for hydroxylation is 1. The van der Waals surface area contributed by atoms with E-state index in [-0.39, 0.29) is 17.7 Å². The number of ether oxygens (including phenoxy) is 1. The molecule has 2 N–H and O–H groups in total. The highest BCUT2D eigenvalue weighted by Gasteiger charge is 2.43. The highest BCUT2D eigenvalue weighted by atomic mass is 19.4. The molecule has 1 aromatic heterocycles. The molecule has 2 bridgehead atoms. The number of hydrogen-bond donors (Lipinski definition) is 2. The van der Waals surface area contributed by atoms with Crippen LogP contribution in [-0.4, -0.2) is 48.9 Å². The zero-order valence-corrected chi connectivity index (χ0v) is 21.2. The Morgan fingerprint density at radius 3 is 2.49 bits per heavy atom. The largest absolute Gasteiger partial charge is 0.427 e. The number of anilines is 3. The maximum atomic E-state index is 15.1. The van der Waals surface area contributed by atoms with E-state index in [0.29, 0.717) is 36.2 Å². The summed E-state index contributed by atoms with van der Waals surface area (Å²) < 4.78 is 65.4. The van der Waals surface area contributed by atoms with Crippen molar-refractivity contribution in [3.63, 3.8) is 0 Å². The number of aromatic nitrogens is 1. The van der Waals surface area contributed by atoms with Crippen molar-refractivity contribution in [1.29, 1.82) is 0 Å². The Morgan fingerprint density at radius 2 is 1.89 bits per heavy atom. The van der Waals surface area contributed by atoms with Crippen LogP contribution in [0.25, 0.3) is 0 Å². The molecular weight excluding hydrogens is 492 g/mol. The van der Waals surface area contributed by atoms with Crippen LogP contribution in [0.3, 0.4) is 0 Å². The minimum Gasteiger partial charge on any atom is -0.427 e. The summed E-state index contributed by atoms with van der Waals surface area (Å²) in [7, 11) is 1.54. The molecule has 2 unspecified atom stereocenters. The fraction of sp³-hybridized carbons (Fsp3) is 0.615. The second kappa shape index (κ2) is 9.49. The van der Waals surface area contributed by atoms with Crippen molar-refractivity contribution < 1.29 is 31.5 Å². The predicted octanol–water partition coefficient (Wildman–Crippen LogP) is 5.69. The van der Waals surface area contributed by atoms with Crippen LogP contribution in [0.5, 0.6) is 0 Å². The average Bonchev–Trinajstić information content (AvgIpc) is 3.28. The fourth-order valence-electron chi connectivity index (χ4n) is 6.03. The Labute approximate surface area is 212 Å². The van der Waals surface area contributed by atoms with E-state index in [0.717, 1.165) is 25.7 Å². The van der Waals surface area contributed by atoms with Crippen molar-refractivity contribution in [2.24, 2.45) is 11.8 Å². The van der Waals surface area contributed by atoms with E-state index < -0.39 is 41.4 Å². The minimum absolute atomic E-state index is 0.0806. The summed E-state index contributed by atoms with van der Waals surface area (Å²) in [6, 6.07) is 2.95. The molecule has 37 heavy (non-hydrogen) atoms. The van der Waals surface area contributed by atoms with E-state index in [1.54, 1.807) is 25.0 Å². The molecule has 1 aromatic carbocycles. The van der Waals surface area contributed by atoms with Crippen molar-refractivity contribution >= 4 is 23.3 Å². The molecule has 7 nitrogen and oxygen atoms in total. The van der Waals surface area contributed by atoms with Gasteiger partial charge in [-0.15, -0.1) is 0 Å². The summed E-state index contributed by atoms with van der Waals surface area (Å²) in [4.78, 5) is 18.6. The van der Waals surface area contributed by atoms with Gasteiger partial charge < -0.3 is 24.7 Å². The molecule has 3 fully saturated rings. The monoisotopic (exact) mass is 524 g/mol. The smallest absolute Gasteiger partial charge is 0.396 e. The van der Waals surface area contributed by atoms with Gasteiger partial charge in [0.1, 0.15) is 23.6 Å². The third kappa shape index (κ3) is 5.28. The van der Waals surface area contributed by atoms with Crippen LogP contribution in [0.2, 0.25) is 0 Å². The summed E-state index contributed by atoms with van der Waals surface area (Å²) in [5.74, 6) is -0.920. The number of methoxy groups -OCH3 is 1. The topological polar surface area (TPSA) is 79.6 Å². The number of carbonyl (C=O) groups is 1. The lowest BCUT2D eigenvalue weighted by molar-refractivity contribution is -0.130. The SMILES string of the molecule is COC1(C)CN(c2nc(C(=O)Nc3cc(C)c(NC4C5CCCC4CC5)c(F)c3)c(CC(F)(F)F)o2)C1. The van der Waals surface area contributed by atoms with Gasteiger partial charge in [-0.25, -0.2) is 4.39 Å². The van der Waals surface area contributed by atoms with Crippen molar-refractivity contribution in [1.82, 2.24) is 4.98 Å². The number of nitrogens with one attached hydrogen (secondary N) is 2. The lowest BCUT2D eigenvalue weighted by atomic mass is 9.84. The molecule has 11 heteroatoms. The number of nitrogens with zero attached hydrogens (tertiary/aromatic N) is 2. The lowest BCUT2D eigenvalue weighted by Gasteiger charge is -2.45. The van der Waals surface area contributed by atoms with Crippen LogP contribution >= 0.6 is 0 Å². The van der Waals surface area contributed by atoms with Crippen molar-refractivity contribution in [3.05, 3.63) is 35.0 Å². The predicted molar refractivity (Wildman–Crippen MR) is 130 cm³/mol. The number of rotatable bonds is 7. The molecule has 202 valence electrons. The van der Waals surface area contributed by atoms with Gasteiger partial charge in [0.2, 0.25) is 0 Å². The second-order valence-corrected chi connectivity index (χ2v) is 10.9. The number of amides is 1. The van der Waals surface area contributed by atoms with Gasteiger partial charge in [0, 0.05) is 18.8 Å². The fourth-order valence-corrected chi connectivity index (χ4v) is 6.03. The van der Waals surface area contributed by atoms with Gasteiger partial charge >= 0.3 is 6.18 Å². The first-order valence-corrected chi connectivity index (χ1v) is 12.7. The molecule has 1 aliphatic heterocycles. The Morgan fingerprint density at radius 1 is 1.22 bits per heavy atom. The zero-order chi connectivity index (χ0) is 26.5. The third-order valence-corrected chi connectivity index (χ3v) is 8.01. The molecule has 2 aliphatic carbocycles. The van der Waals surface area contributed by atoms with Gasteiger partial charge in [0.05, 0.1) is 18.8 Å². The lowest BCUT2D eigenvalue weighted by Crippen LogP contribution is -2.61. The summed E-state index contributed by atoms with van der Waals surface area (Å²) in [6.45, 7) is 4.31. The van der Waals surface area contributed by atoms with Crippen LogP contribution in [0, 0.1) is 24.6 Å². The van der Waals surface area contributed by atoms with Gasteiger partial charge in [0.15, 0.2) is 5.69 Å². The van der Waals surface area contributed by atoms with Crippen LogP contribution < -0.4 is 15.5 Å². The molecule has 2 heterocycles. The molecule has 0 spiro atoms. The van der Waals surface area contributed by atoms with E-state index in [9.17, 15) is 18.0 Å². The van der Waals surface area contributed by atoms with Gasteiger partial charge in [-0.05, 0) is 69.1 Å². The van der Waals surface area contributed by atoms with E-state index in [2.05, 4.69) is 15.6 Å². The number of alkyl halides is 3. The second-order valence-electron chi connectivity index (χ2n) is 10.9. The molecule has 2 aromatic rings. The average molecular weight is 525 g/mol. The molecule has 3 aliphatic rings. The number of halogens is 4. The van der Waals surface area contributed by atoms with Crippen LogP contribution in [0.15, 0.2) is 16.5 Å². The van der Waals surface area contributed by atoms with Crippen molar-refractivity contribution in [2.45, 2.75) is 70.2 Å². The number of oxazole rings is 1. The standard InChI is InChI=1S/C26H32F4N4O3/c1-14-9-17(10-18(27)20(14)32-21-15-5-4-6-16(21)8-7-15)31-23(35)22-19(11-26(28,29)30)37-24(33-22)34-12-25(2,13-34)36-3/h9-10,15-16,21,32H,4-8,11-13H2,1-3H3,(H,31,35). The number of hydrogen-bond acceptors (Lipinski definition) is 6. The molecule has 1 amide bonds. The Hall–Kier alpha value is -2.82. The molecule has 5 rings (SSSR count). The Bertz CT molecular complexity index is 1140. The van der Waals surface area contributed by atoms with Crippen molar-refractivity contribution in [3.8, 4) is 0 Å². The minimum atomic E-state index is -4.60. The molecule has 2 atom stereocenters. The van der Waals surface area contributed by atoms with Gasteiger partial charge in [-0.2, -0.15) is 18.2 Å². The first-order chi connectivity index (χ1) is 17.4. The first kappa shape index (κ1) is 25.8. The maximum Gasteiger partial charge on any atom is 0.396 e. The number of carbonyl (C=O) groups excluding carboxylic acids is 1. The summed E-state index contributed by atoms with van der Waals surface area (Å²) >= 11 is 0. The molecule has 2 saturated carbocycles. The summed E-state index contributed by atoms with van der Waals surface area (Å²) in [5, 5.41) is 5.91. The summed E-state index contributed by atoms with van der Waals surface area (Å²) in [6.07, 6.45) is -0.244. The van der Waals surface area contributed by atoms with Gasteiger partial charge in [0.25, 0.3) is 11.9 Å². The molecule has 1 saturated heterocycles. The zero-order valence-electron chi connectivity index (χ0n) is 21.2. The van der Waals surface area contributed by atoms with E-state index in [1.807, 2.05) is 6.92 Å². The van der Waals surface area contributed by atoms with Gasteiger partial charge in [-0.1, -0.05) is 6.42 Å². The third-order valence-electron chi connectivity index (χ3n) is 8.01. The van der Waals surface area contributed by atoms with Crippen LogP contribution in [-0.2, 0) is 11.2 Å². The summed E-state index contributed by atoms with van der Waals surface area (Å²) in [5.41, 5.74) is 0.203. The first-order valence-electron chi connectivity index (χ1n) is 12.7.